The van der Waals surface area contributed by atoms with Crippen LogP contribution < -0.4 is 5.73 Å². The predicted molar refractivity (Wildman–Crippen MR) is 65.0 cm³/mol. The largest absolute Gasteiger partial charge is 0.388 e. The summed E-state index contributed by atoms with van der Waals surface area (Å²) in [6.07, 6.45) is 0.964. The lowest BCUT2D eigenvalue weighted by atomic mass is 10.2. The number of rotatable bonds is 3. The maximum absolute atomic E-state index is 5.43. The summed E-state index contributed by atoms with van der Waals surface area (Å²) in [4.78, 5) is 4.14. The highest BCUT2D eigenvalue weighted by atomic mass is 131. The van der Waals surface area contributed by atoms with E-state index < -0.39 is 0 Å². The van der Waals surface area contributed by atoms with E-state index in [2.05, 4.69) is 51.8 Å². The first-order chi connectivity index (χ1) is 6.18. The molecule has 0 aliphatic heterocycles. The van der Waals surface area contributed by atoms with Gasteiger partial charge in [-0.3, -0.25) is 4.99 Å². The van der Waals surface area contributed by atoms with Crippen molar-refractivity contribution in [2.24, 2.45) is 10.7 Å². The van der Waals surface area contributed by atoms with Crippen LogP contribution in [-0.2, 0) is 6.42 Å². The summed E-state index contributed by atoms with van der Waals surface area (Å²) in [5.74, 6) is 0.658. The zero-order valence-corrected chi connectivity index (χ0v) is 9.78. The second-order valence-electron chi connectivity index (χ2n) is 2.90. The molecule has 3 heteroatoms. The third-order valence-corrected chi connectivity index (χ3v) is 2.32. The van der Waals surface area contributed by atoms with Gasteiger partial charge in [0.1, 0.15) is 0 Å². The number of hydrogen-bond donors (Lipinski definition) is 1. The molecule has 0 amide bonds. The molecule has 1 aromatic carbocycles. The Labute approximate surface area is 92.4 Å². The van der Waals surface area contributed by atoms with Crippen molar-refractivity contribution in [3.8, 4) is 0 Å². The molecule has 13 heavy (non-hydrogen) atoms. The fourth-order valence-electron chi connectivity index (χ4n) is 1.05. The van der Waals surface area contributed by atoms with Crippen LogP contribution in [0.4, 0.5) is 0 Å². The Hall–Kier alpha value is -0.580. The fourth-order valence-corrected chi connectivity index (χ4v) is 1.66. The highest BCUT2D eigenvalue weighted by molar-refractivity contribution is 14.1. The number of benzene rings is 1. The monoisotopic (exact) mass is 292 g/mol. The molecule has 0 saturated heterocycles. The summed E-state index contributed by atoms with van der Waals surface area (Å²) in [6.45, 7) is 2.59. The third-order valence-electron chi connectivity index (χ3n) is 1.65. The Morgan fingerprint density at radius 2 is 2.31 bits per heavy atom. The van der Waals surface area contributed by atoms with Gasteiger partial charge in [-0.2, -0.15) is 0 Å². The highest BCUT2D eigenvalue weighted by Crippen LogP contribution is 2.08. The Bertz CT molecular complexity index is 304. The van der Waals surface area contributed by atoms with Gasteiger partial charge in [-0.05, 0) is 53.6 Å². The smallest absolute Gasteiger partial charge is 0.0905 e. The van der Waals surface area contributed by atoms with Gasteiger partial charge in [0.2, 0.25) is 0 Å². The average Bonchev–Trinajstić information content (AvgIpc) is 2.03. The summed E-state index contributed by atoms with van der Waals surface area (Å²) in [5, 5.41) is 0. The molecule has 2 N–H and O–H groups in total. The summed E-state index contributed by atoms with van der Waals surface area (Å²) >= 11 is 2.31. The second-order valence-corrected chi connectivity index (χ2v) is 4.15. The Morgan fingerprint density at radius 1 is 1.54 bits per heavy atom. The van der Waals surface area contributed by atoms with Crippen LogP contribution in [0.25, 0.3) is 0 Å². The third kappa shape index (κ3) is 4.26. The van der Waals surface area contributed by atoms with E-state index in [1.54, 1.807) is 0 Å². The molecule has 0 saturated carbocycles. The van der Waals surface area contributed by atoms with Gasteiger partial charge in [0.25, 0.3) is 0 Å². The summed E-state index contributed by atoms with van der Waals surface area (Å²) in [7, 11) is 0. The number of nitrogens with two attached hydrogens (primary N) is 1. The van der Waals surface area contributed by atoms with Crippen molar-refractivity contribution in [3.63, 3.8) is 0 Å². The molecule has 0 atom stereocenters. The van der Waals surface area contributed by atoms with Gasteiger partial charge >= 0.3 is 0 Å². The van der Waals surface area contributed by atoms with Gasteiger partial charge < -0.3 is 5.73 Å². The Morgan fingerprint density at radius 3 is 2.92 bits per heavy atom. The van der Waals surface area contributed by atoms with Crippen molar-refractivity contribution >= 4 is 28.4 Å². The minimum Gasteiger partial charge on any atom is -0.388 e. The standard InChI is InChI=1S/C10H13IN2/c1-8(12)13-6-5-9-3-2-4-10(11)7-9/h2-4,7H,5-6H2,1H3,(H2,12,13)/i11+4. The molecule has 0 aromatic heterocycles. The maximum atomic E-state index is 5.43. The molecule has 0 heterocycles. The molecule has 1 rings (SSSR count). The molecule has 0 fully saturated rings. The van der Waals surface area contributed by atoms with E-state index in [1.807, 2.05) is 6.92 Å². The maximum Gasteiger partial charge on any atom is 0.0905 e. The summed E-state index contributed by atoms with van der Waals surface area (Å²) in [6, 6.07) is 8.43. The molecule has 70 valence electrons. The van der Waals surface area contributed by atoms with Gasteiger partial charge in [0.05, 0.1) is 5.84 Å². The Kier molecular flexibility index (Phi) is 4.21. The average molecular weight is 292 g/mol. The number of hydrogen-bond acceptors (Lipinski definition) is 1. The van der Waals surface area contributed by atoms with Gasteiger partial charge in [0, 0.05) is 10.1 Å². The quantitative estimate of drug-likeness (QED) is 0.518. The molecule has 0 unspecified atom stereocenters. The van der Waals surface area contributed by atoms with Crippen LogP contribution in [0.5, 0.6) is 0 Å². The molecular formula is C10H13IN2. The minimum absolute atomic E-state index is 0.658. The van der Waals surface area contributed by atoms with Crippen LogP contribution in [0.2, 0.25) is 0 Å². The first-order valence-electron chi connectivity index (χ1n) is 4.19. The molecule has 0 bridgehead atoms. The normalized spacial score (nSPS) is 11.7. The van der Waals surface area contributed by atoms with Crippen molar-refractivity contribution < 1.29 is 0 Å². The number of halogens is 1. The summed E-state index contributed by atoms with van der Waals surface area (Å²) < 4.78 is 1.27. The molecule has 1 aromatic rings. The van der Waals surface area contributed by atoms with E-state index in [0.29, 0.717) is 5.84 Å². The van der Waals surface area contributed by atoms with E-state index in [0.717, 1.165) is 13.0 Å². The van der Waals surface area contributed by atoms with Crippen LogP contribution in [0.1, 0.15) is 12.5 Å². The van der Waals surface area contributed by atoms with E-state index >= 15 is 0 Å². The van der Waals surface area contributed by atoms with Crippen LogP contribution in [0.15, 0.2) is 29.3 Å². The van der Waals surface area contributed by atoms with Crippen LogP contribution in [0, 0.1) is 3.57 Å². The number of nitrogens with zero attached hydrogens (tertiary/aromatic N) is 1. The molecule has 2 nitrogen and oxygen atoms in total. The van der Waals surface area contributed by atoms with E-state index in [9.17, 15) is 0 Å². The molecule has 0 aliphatic rings. The van der Waals surface area contributed by atoms with Crippen LogP contribution >= 0.6 is 22.6 Å². The van der Waals surface area contributed by atoms with Gasteiger partial charge in [-0.15, -0.1) is 0 Å². The second kappa shape index (κ2) is 5.21. The lowest BCUT2D eigenvalue weighted by molar-refractivity contribution is 0.963. The molecule has 0 radical (unpaired) electrons. The SMILES string of the molecule is CC(N)=NCCc1cccc([131I])c1. The van der Waals surface area contributed by atoms with E-state index in [-0.39, 0.29) is 0 Å². The van der Waals surface area contributed by atoms with Crippen molar-refractivity contribution in [3.05, 3.63) is 33.4 Å². The number of aliphatic imine (C=N–C) groups is 1. The first kappa shape index (κ1) is 10.5. The zero-order chi connectivity index (χ0) is 9.68. The van der Waals surface area contributed by atoms with Crippen LogP contribution in [-0.4, -0.2) is 12.4 Å². The van der Waals surface area contributed by atoms with Crippen LogP contribution in [0.3, 0.4) is 0 Å². The van der Waals surface area contributed by atoms with Crippen molar-refractivity contribution in [1.82, 2.24) is 0 Å². The lowest BCUT2D eigenvalue weighted by Crippen LogP contribution is -2.06. The predicted octanol–water partition coefficient (Wildman–Crippen LogP) is 2.21. The highest BCUT2D eigenvalue weighted by Gasteiger charge is 1.92. The van der Waals surface area contributed by atoms with Gasteiger partial charge in [0.15, 0.2) is 0 Å². The van der Waals surface area contributed by atoms with Crippen molar-refractivity contribution in [2.45, 2.75) is 13.3 Å². The molecular weight excluding hydrogens is 279 g/mol. The molecule has 0 aliphatic carbocycles. The topological polar surface area (TPSA) is 38.4 Å². The van der Waals surface area contributed by atoms with Gasteiger partial charge in [-0.25, -0.2) is 0 Å². The van der Waals surface area contributed by atoms with Gasteiger partial charge in [-0.1, -0.05) is 12.1 Å². The fraction of sp³-hybridized carbons (Fsp3) is 0.300. The lowest BCUT2D eigenvalue weighted by Gasteiger charge is -1.99. The first-order valence-corrected chi connectivity index (χ1v) is 5.27. The van der Waals surface area contributed by atoms with Crippen molar-refractivity contribution in [2.75, 3.05) is 6.54 Å². The Balaban J connectivity index is 2.50. The number of amidine groups is 1. The van der Waals surface area contributed by atoms with Crippen molar-refractivity contribution in [1.29, 1.82) is 0 Å². The zero-order valence-electron chi connectivity index (χ0n) is 7.63. The van der Waals surface area contributed by atoms with E-state index in [4.69, 9.17) is 5.73 Å². The van der Waals surface area contributed by atoms with E-state index in [1.165, 1.54) is 9.13 Å². The summed E-state index contributed by atoms with van der Waals surface area (Å²) in [5.41, 5.74) is 6.75. The minimum atomic E-state index is 0.658. The molecule has 0 spiro atoms.